The molecule has 2 atom stereocenters. The molecular weight excluding hydrogens is 310 g/mol. The number of rotatable bonds is 9. The molecule has 1 amide bonds. The highest BCUT2D eigenvalue weighted by Gasteiger charge is 2.24. The molecule has 2 unspecified atom stereocenters. The van der Waals surface area contributed by atoms with Gasteiger partial charge in [0.2, 0.25) is 0 Å². The Hall–Kier alpha value is -2.05. The Morgan fingerprint density at radius 1 is 1.50 bits per heavy atom. The van der Waals surface area contributed by atoms with Crippen molar-refractivity contribution in [1.29, 1.82) is 0 Å². The zero-order chi connectivity index (χ0) is 16.5. The van der Waals surface area contributed by atoms with Crippen molar-refractivity contribution in [3.05, 3.63) is 41.9 Å². The van der Waals surface area contributed by atoms with Crippen LogP contribution in [0.1, 0.15) is 6.92 Å². The molecule has 0 bridgehead atoms. The number of aliphatic carboxylic acids is 1. The second-order valence-corrected chi connectivity index (χ2v) is 4.88. The molecule has 0 aromatic heterocycles. The Labute approximate surface area is 133 Å². The second kappa shape index (κ2) is 9.07. The fourth-order valence-corrected chi connectivity index (χ4v) is 1.71. The van der Waals surface area contributed by atoms with Gasteiger partial charge in [0.1, 0.15) is 5.75 Å². The van der Waals surface area contributed by atoms with Crippen LogP contribution in [0.15, 0.2) is 36.9 Å². The third-order valence-corrected chi connectivity index (χ3v) is 2.85. The van der Waals surface area contributed by atoms with E-state index in [-0.39, 0.29) is 13.2 Å². The molecule has 120 valence electrons. The highest BCUT2D eigenvalue weighted by atomic mass is 35.5. The molecule has 2 N–H and O–H groups in total. The lowest BCUT2D eigenvalue weighted by molar-refractivity contribution is -0.144. The number of carboxylic acid groups (broad SMARTS) is 1. The van der Waals surface area contributed by atoms with Gasteiger partial charge in [-0.15, -0.1) is 6.58 Å². The maximum atomic E-state index is 12.0. The lowest BCUT2D eigenvalue weighted by Crippen LogP contribution is -2.48. The van der Waals surface area contributed by atoms with Crippen molar-refractivity contribution in [3.63, 3.8) is 0 Å². The second-order valence-electron chi connectivity index (χ2n) is 4.44. The summed E-state index contributed by atoms with van der Waals surface area (Å²) in [5.74, 6) is -1.33. The number of amides is 1. The van der Waals surface area contributed by atoms with E-state index >= 15 is 0 Å². The minimum absolute atomic E-state index is 0.156. The Morgan fingerprint density at radius 2 is 2.23 bits per heavy atom. The molecule has 0 heterocycles. The molecule has 1 aromatic carbocycles. The maximum Gasteiger partial charge on any atom is 0.328 e. The largest absolute Gasteiger partial charge is 0.481 e. The summed E-state index contributed by atoms with van der Waals surface area (Å²) in [7, 11) is 0. The van der Waals surface area contributed by atoms with E-state index in [2.05, 4.69) is 11.9 Å². The minimum atomic E-state index is -1.19. The van der Waals surface area contributed by atoms with Crippen molar-refractivity contribution in [3.8, 4) is 5.75 Å². The Kier molecular flexibility index (Phi) is 7.42. The molecule has 0 aliphatic heterocycles. The first-order valence-corrected chi connectivity index (χ1v) is 6.96. The normalized spacial score (nSPS) is 13.0. The van der Waals surface area contributed by atoms with Crippen molar-refractivity contribution >= 4 is 23.5 Å². The van der Waals surface area contributed by atoms with E-state index in [9.17, 15) is 9.59 Å². The fraction of sp³-hybridized carbons (Fsp3) is 0.333. The number of hydrogen-bond donors (Lipinski definition) is 2. The van der Waals surface area contributed by atoms with Gasteiger partial charge in [0.25, 0.3) is 5.91 Å². The summed E-state index contributed by atoms with van der Waals surface area (Å²) in [5, 5.41) is 11.9. The van der Waals surface area contributed by atoms with Gasteiger partial charge < -0.3 is 19.9 Å². The number of carboxylic acids is 1. The van der Waals surface area contributed by atoms with E-state index in [1.165, 1.54) is 13.0 Å². The van der Waals surface area contributed by atoms with E-state index in [4.69, 9.17) is 26.2 Å². The lowest BCUT2D eigenvalue weighted by Gasteiger charge is -2.18. The smallest absolute Gasteiger partial charge is 0.328 e. The van der Waals surface area contributed by atoms with Gasteiger partial charge in [0.05, 0.1) is 13.2 Å². The van der Waals surface area contributed by atoms with Crippen molar-refractivity contribution < 1.29 is 24.2 Å². The molecular formula is C15H18ClNO5. The number of nitrogens with one attached hydrogen (secondary N) is 1. The van der Waals surface area contributed by atoms with Crippen LogP contribution in [0.4, 0.5) is 0 Å². The van der Waals surface area contributed by atoms with Gasteiger partial charge in [-0.2, -0.15) is 0 Å². The van der Waals surface area contributed by atoms with E-state index in [0.29, 0.717) is 10.8 Å². The van der Waals surface area contributed by atoms with Gasteiger partial charge in [0.15, 0.2) is 12.1 Å². The van der Waals surface area contributed by atoms with Crippen LogP contribution in [-0.2, 0) is 14.3 Å². The van der Waals surface area contributed by atoms with Gasteiger partial charge in [-0.3, -0.25) is 4.79 Å². The minimum Gasteiger partial charge on any atom is -0.481 e. The van der Waals surface area contributed by atoms with Crippen molar-refractivity contribution in [1.82, 2.24) is 5.32 Å². The first-order chi connectivity index (χ1) is 10.4. The number of carbonyl (C=O) groups excluding carboxylic acids is 1. The highest BCUT2D eigenvalue weighted by Crippen LogP contribution is 2.18. The quantitative estimate of drug-likeness (QED) is 0.534. The lowest BCUT2D eigenvalue weighted by atomic mass is 10.2. The van der Waals surface area contributed by atoms with E-state index in [0.717, 1.165) is 0 Å². The summed E-state index contributed by atoms with van der Waals surface area (Å²) in [6, 6.07) is 5.42. The van der Waals surface area contributed by atoms with Crippen LogP contribution in [0.2, 0.25) is 5.02 Å². The molecule has 22 heavy (non-hydrogen) atoms. The van der Waals surface area contributed by atoms with Crippen molar-refractivity contribution in [2.75, 3.05) is 13.2 Å². The first kappa shape index (κ1) is 18.0. The predicted molar refractivity (Wildman–Crippen MR) is 82.1 cm³/mol. The van der Waals surface area contributed by atoms with Crippen LogP contribution in [0, 0.1) is 0 Å². The van der Waals surface area contributed by atoms with Gasteiger partial charge in [-0.1, -0.05) is 23.7 Å². The Bertz CT molecular complexity index is 534. The van der Waals surface area contributed by atoms with Gasteiger partial charge >= 0.3 is 5.97 Å². The maximum absolute atomic E-state index is 12.0. The molecule has 0 fully saturated rings. The molecule has 7 heteroatoms. The SMILES string of the molecule is C=CCOCC(NC(=O)C(C)Oc1cccc(Cl)c1)C(=O)O. The van der Waals surface area contributed by atoms with Crippen LogP contribution < -0.4 is 10.1 Å². The molecule has 0 aliphatic carbocycles. The molecule has 0 saturated heterocycles. The van der Waals surface area contributed by atoms with E-state index < -0.39 is 24.0 Å². The summed E-state index contributed by atoms with van der Waals surface area (Å²) in [5.41, 5.74) is 0. The number of hydrogen-bond acceptors (Lipinski definition) is 4. The zero-order valence-electron chi connectivity index (χ0n) is 12.1. The van der Waals surface area contributed by atoms with Crippen LogP contribution in [-0.4, -0.2) is 42.3 Å². The molecule has 0 saturated carbocycles. The van der Waals surface area contributed by atoms with Crippen molar-refractivity contribution in [2.45, 2.75) is 19.1 Å². The highest BCUT2D eigenvalue weighted by molar-refractivity contribution is 6.30. The summed E-state index contributed by atoms with van der Waals surface area (Å²) in [6.45, 7) is 5.02. The topological polar surface area (TPSA) is 84.9 Å². The third kappa shape index (κ3) is 6.15. The number of ether oxygens (including phenoxy) is 2. The molecule has 0 spiro atoms. The van der Waals surface area contributed by atoms with E-state index in [1.54, 1.807) is 24.3 Å². The average Bonchev–Trinajstić information content (AvgIpc) is 2.46. The third-order valence-electron chi connectivity index (χ3n) is 2.61. The van der Waals surface area contributed by atoms with Gasteiger partial charge in [-0.05, 0) is 25.1 Å². The summed E-state index contributed by atoms with van der Waals surface area (Å²) >= 11 is 5.82. The van der Waals surface area contributed by atoms with Gasteiger partial charge in [0, 0.05) is 5.02 Å². The van der Waals surface area contributed by atoms with Crippen LogP contribution in [0.5, 0.6) is 5.75 Å². The molecule has 1 aromatic rings. The standard InChI is InChI=1S/C15H18ClNO5/c1-3-7-21-9-13(15(19)20)17-14(18)10(2)22-12-6-4-5-11(16)8-12/h3-6,8,10,13H,1,7,9H2,2H3,(H,17,18)(H,19,20). The number of carbonyl (C=O) groups is 2. The Morgan fingerprint density at radius 3 is 2.82 bits per heavy atom. The van der Waals surface area contributed by atoms with Crippen molar-refractivity contribution in [2.24, 2.45) is 0 Å². The molecule has 0 aliphatic rings. The summed E-state index contributed by atoms with van der Waals surface area (Å²) in [4.78, 5) is 23.0. The predicted octanol–water partition coefficient (Wildman–Crippen LogP) is 1.88. The number of halogens is 1. The van der Waals surface area contributed by atoms with Crippen LogP contribution >= 0.6 is 11.6 Å². The molecule has 6 nitrogen and oxygen atoms in total. The molecule has 1 rings (SSSR count). The summed E-state index contributed by atoms with van der Waals surface area (Å²) in [6.07, 6.45) is 0.616. The fourth-order valence-electron chi connectivity index (χ4n) is 1.53. The number of benzene rings is 1. The van der Waals surface area contributed by atoms with Crippen LogP contribution in [0.3, 0.4) is 0 Å². The van der Waals surface area contributed by atoms with Crippen LogP contribution in [0.25, 0.3) is 0 Å². The first-order valence-electron chi connectivity index (χ1n) is 6.58. The van der Waals surface area contributed by atoms with Gasteiger partial charge in [-0.25, -0.2) is 4.79 Å². The molecule has 0 radical (unpaired) electrons. The zero-order valence-corrected chi connectivity index (χ0v) is 12.9. The summed E-state index contributed by atoms with van der Waals surface area (Å²) < 4.78 is 10.5. The Balaban J connectivity index is 2.57. The van der Waals surface area contributed by atoms with E-state index in [1.807, 2.05) is 0 Å². The monoisotopic (exact) mass is 327 g/mol. The average molecular weight is 328 g/mol.